The lowest BCUT2D eigenvalue weighted by molar-refractivity contribution is -0.142. The molecule has 0 spiro atoms. The number of rotatable bonds is 3. The number of aromatic nitrogens is 1. The largest absolute Gasteiger partial charge is 0.466 e. The molecular formula is C9H9Br2NO2. The molecule has 0 atom stereocenters. The van der Waals surface area contributed by atoms with E-state index in [1.165, 1.54) is 0 Å². The summed E-state index contributed by atoms with van der Waals surface area (Å²) in [6, 6.07) is 1.80. The summed E-state index contributed by atoms with van der Waals surface area (Å²) in [5.74, 6) is -0.239. The summed E-state index contributed by atoms with van der Waals surface area (Å²) in [5, 5.41) is 0. The zero-order chi connectivity index (χ0) is 10.6. The summed E-state index contributed by atoms with van der Waals surface area (Å²) in [7, 11) is 0. The average Bonchev–Trinajstić information content (AvgIpc) is 2.10. The first-order valence-corrected chi connectivity index (χ1v) is 5.67. The Kier molecular flexibility index (Phi) is 4.54. The van der Waals surface area contributed by atoms with Crippen molar-refractivity contribution < 1.29 is 9.53 Å². The number of nitrogens with zero attached hydrogens (tertiary/aromatic N) is 1. The molecular weight excluding hydrogens is 314 g/mol. The number of carbonyl (C=O) groups excluding carboxylic acids is 1. The van der Waals surface area contributed by atoms with Crippen molar-refractivity contribution in [2.75, 3.05) is 6.61 Å². The highest BCUT2D eigenvalue weighted by Gasteiger charge is 2.08. The third-order valence-electron chi connectivity index (χ3n) is 1.54. The minimum atomic E-state index is -0.239. The molecule has 0 bridgehead atoms. The molecule has 0 N–H and O–H groups in total. The van der Waals surface area contributed by atoms with Crippen LogP contribution in [0.25, 0.3) is 0 Å². The fraction of sp³-hybridized carbons (Fsp3) is 0.333. The minimum absolute atomic E-state index is 0.239. The van der Waals surface area contributed by atoms with Crippen molar-refractivity contribution in [3.8, 4) is 0 Å². The van der Waals surface area contributed by atoms with Gasteiger partial charge >= 0.3 is 5.97 Å². The van der Waals surface area contributed by atoms with E-state index in [-0.39, 0.29) is 12.4 Å². The van der Waals surface area contributed by atoms with E-state index in [2.05, 4.69) is 36.8 Å². The summed E-state index contributed by atoms with van der Waals surface area (Å²) in [4.78, 5) is 15.2. The van der Waals surface area contributed by atoms with E-state index in [9.17, 15) is 4.79 Å². The van der Waals surface area contributed by atoms with E-state index in [0.29, 0.717) is 6.61 Å². The smallest absolute Gasteiger partial charge is 0.310 e. The van der Waals surface area contributed by atoms with Gasteiger partial charge in [0.15, 0.2) is 0 Å². The normalized spacial score (nSPS) is 9.93. The SMILES string of the molecule is CCOC(=O)Cc1cnc(Br)cc1Br. The van der Waals surface area contributed by atoms with Gasteiger partial charge in [0.2, 0.25) is 0 Å². The minimum Gasteiger partial charge on any atom is -0.466 e. The Labute approximate surface area is 99.1 Å². The van der Waals surface area contributed by atoms with Crippen LogP contribution in [0.3, 0.4) is 0 Å². The molecule has 3 nitrogen and oxygen atoms in total. The van der Waals surface area contributed by atoms with Crippen molar-refractivity contribution in [3.05, 3.63) is 26.9 Å². The first kappa shape index (κ1) is 11.7. The Hall–Kier alpha value is -0.420. The molecule has 0 aromatic carbocycles. The van der Waals surface area contributed by atoms with Gasteiger partial charge in [0.25, 0.3) is 0 Å². The van der Waals surface area contributed by atoms with E-state index in [0.717, 1.165) is 14.6 Å². The van der Waals surface area contributed by atoms with Crippen molar-refractivity contribution in [2.45, 2.75) is 13.3 Å². The number of carbonyl (C=O) groups is 1. The maximum atomic E-state index is 11.2. The van der Waals surface area contributed by atoms with E-state index < -0.39 is 0 Å². The van der Waals surface area contributed by atoms with Crippen LogP contribution in [0.5, 0.6) is 0 Å². The van der Waals surface area contributed by atoms with Crippen molar-refractivity contribution in [1.82, 2.24) is 4.98 Å². The predicted molar refractivity (Wildman–Crippen MR) is 60.0 cm³/mol. The summed E-state index contributed by atoms with van der Waals surface area (Å²) in [5.41, 5.74) is 0.826. The van der Waals surface area contributed by atoms with E-state index >= 15 is 0 Å². The Bertz CT molecular complexity index is 342. The van der Waals surface area contributed by atoms with Gasteiger partial charge in [0.1, 0.15) is 4.60 Å². The summed E-state index contributed by atoms with van der Waals surface area (Å²) >= 11 is 6.58. The molecule has 0 saturated heterocycles. The Balaban J connectivity index is 2.72. The van der Waals surface area contributed by atoms with E-state index in [4.69, 9.17) is 4.74 Å². The van der Waals surface area contributed by atoms with Crippen molar-refractivity contribution in [1.29, 1.82) is 0 Å². The zero-order valence-corrected chi connectivity index (χ0v) is 10.8. The molecule has 0 amide bonds. The van der Waals surface area contributed by atoms with Crippen LogP contribution in [-0.4, -0.2) is 17.6 Å². The highest BCUT2D eigenvalue weighted by atomic mass is 79.9. The Morgan fingerprint density at radius 1 is 1.57 bits per heavy atom. The van der Waals surface area contributed by atoms with Crippen molar-refractivity contribution >= 4 is 37.8 Å². The third-order valence-corrected chi connectivity index (χ3v) is 2.71. The summed E-state index contributed by atoms with van der Waals surface area (Å²) < 4.78 is 6.42. The number of hydrogen-bond donors (Lipinski definition) is 0. The maximum Gasteiger partial charge on any atom is 0.310 e. The van der Waals surface area contributed by atoms with Crippen LogP contribution in [-0.2, 0) is 16.0 Å². The van der Waals surface area contributed by atoms with Crippen molar-refractivity contribution in [3.63, 3.8) is 0 Å². The topological polar surface area (TPSA) is 39.2 Å². The first-order chi connectivity index (χ1) is 6.63. The Morgan fingerprint density at radius 3 is 2.86 bits per heavy atom. The number of hydrogen-bond acceptors (Lipinski definition) is 3. The molecule has 14 heavy (non-hydrogen) atoms. The molecule has 0 unspecified atom stereocenters. The van der Waals surface area contributed by atoms with Gasteiger partial charge < -0.3 is 4.74 Å². The molecule has 1 aromatic rings. The molecule has 0 aliphatic carbocycles. The average molecular weight is 323 g/mol. The summed E-state index contributed by atoms with van der Waals surface area (Å²) in [6.45, 7) is 2.19. The monoisotopic (exact) mass is 321 g/mol. The number of esters is 1. The molecule has 1 heterocycles. The Morgan fingerprint density at radius 2 is 2.29 bits per heavy atom. The lowest BCUT2D eigenvalue weighted by Gasteiger charge is -2.03. The molecule has 0 fully saturated rings. The number of pyridine rings is 1. The van der Waals surface area contributed by atoms with Gasteiger partial charge in [-0.3, -0.25) is 4.79 Å². The standard InChI is InChI=1S/C9H9Br2NO2/c1-2-14-9(13)3-6-5-12-8(11)4-7(6)10/h4-5H,2-3H2,1H3. The van der Waals surface area contributed by atoms with Gasteiger partial charge in [0.05, 0.1) is 13.0 Å². The van der Waals surface area contributed by atoms with Crippen LogP contribution in [0.2, 0.25) is 0 Å². The molecule has 5 heteroatoms. The van der Waals surface area contributed by atoms with Gasteiger partial charge in [-0.25, -0.2) is 4.98 Å². The third kappa shape index (κ3) is 3.38. The lowest BCUT2D eigenvalue weighted by atomic mass is 10.2. The quantitative estimate of drug-likeness (QED) is 0.634. The van der Waals surface area contributed by atoms with Gasteiger partial charge in [-0.05, 0) is 34.5 Å². The van der Waals surface area contributed by atoms with Crippen LogP contribution in [0, 0.1) is 0 Å². The van der Waals surface area contributed by atoms with Gasteiger partial charge in [-0.1, -0.05) is 15.9 Å². The maximum absolute atomic E-state index is 11.2. The molecule has 0 saturated carbocycles. The second-order valence-electron chi connectivity index (χ2n) is 2.58. The molecule has 1 aromatic heterocycles. The molecule has 0 aliphatic heterocycles. The molecule has 0 radical (unpaired) electrons. The van der Waals surface area contributed by atoms with Gasteiger partial charge in [0, 0.05) is 10.7 Å². The molecule has 1 rings (SSSR count). The van der Waals surface area contributed by atoms with Crippen LogP contribution in [0.4, 0.5) is 0 Å². The van der Waals surface area contributed by atoms with Crippen LogP contribution in [0.15, 0.2) is 21.3 Å². The van der Waals surface area contributed by atoms with E-state index in [1.54, 1.807) is 19.2 Å². The molecule has 0 aliphatic rings. The van der Waals surface area contributed by atoms with Crippen molar-refractivity contribution in [2.24, 2.45) is 0 Å². The second kappa shape index (κ2) is 5.46. The summed E-state index contributed by atoms with van der Waals surface area (Å²) in [6.07, 6.45) is 1.89. The van der Waals surface area contributed by atoms with Crippen LogP contribution < -0.4 is 0 Å². The predicted octanol–water partition coefficient (Wildman–Crippen LogP) is 2.71. The zero-order valence-electron chi connectivity index (χ0n) is 7.59. The lowest BCUT2D eigenvalue weighted by Crippen LogP contribution is -2.08. The highest BCUT2D eigenvalue weighted by Crippen LogP contribution is 2.20. The van der Waals surface area contributed by atoms with Crippen LogP contribution >= 0.6 is 31.9 Å². The number of ether oxygens (including phenoxy) is 1. The number of halogens is 2. The fourth-order valence-electron chi connectivity index (χ4n) is 0.933. The van der Waals surface area contributed by atoms with Gasteiger partial charge in [-0.2, -0.15) is 0 Å². The molecule has 76 valence electrons. The first-order valence-electron chi connectivity index (χ1n) is 4.09. The highest BCUT2D eigenvalue weighted by molar-refractivity contribution is 9.11. The second-order valence-corrected chi connectivity index (χ2v) is 4.25. The van der Waals surface area contributed by atoms with E-state index in [1.807, 2.05) is 0 Å². The van der Waals surface area contributed by atoms with Crippen LogP contribution in [0.1, 0.15) is 12.5 Å². The van der Waals surface area contributed by atoms with Gasteiger partial charge in [-0.15, -0.1) is 0 Å². The fourth-order valence-corrected chi connectivity index (χ4v) is 2.03.